The molecule has 120 valence electrons. The third-order valence-corrected chi connectivity index (χ3v) is 4.23. The number of benzene rings is 1. The van der Waals surface area contributed by atoms with E-state index in [-0.39, 0.29) is 11.8 Å². The number of carbonyl (C=O) groups excluding carboxylic acids is 2. The quantitative estimate of drug-likeness (QED) is 0.936. The zero-order chi connectivity index (χ0) is 16.4. The first-order valence-corrected chi connectivity index (χ1v) is 7.70. The normalized spacial score (nSPS) is 18.3. The summed E-state index contributed by atoms with van der Waals surface area (Å²) in [7, 11) is 0. The molecule has 6 heteroatoms. The number of carbonyl (C=O) groups is 2. The van der Waals surface area contributed by atoms with E-state index in [1.807, 2.05) is 36.1 Å². The highest BCUT2D eigenvalue weighted by atomic mass is 16.2. The summed E-state index contributed by atoms with van der Waals surface area (Å²) in [5.41, 5.74) is 2.71. The molecule has 2 amide bonds. The molecule has 2 heterocycles. The van der Waals surface area contributed by atoms with Gasteiger partial charge >= 0.3 is 0 Å². The largest absolute Gasteiger partial charge is 0.341 e. The minimum atomic E-state index is -0.468. The van der Waals surface area contributed by atoms with Crippen LogP contribution >= 0.6 is 0 Å². The number of aryl methyl sites for hydroxylation is 1. The number of piperazine rings is 1. The maximum atomic E-state index is 12.6. The molecule has 0 saturated carbocycles. The standard InChI is InChI=1S/C17H20N4O2/c1-12-3-5-14(6-4-12)10-20-7-8-21(13(2)16(20)22)17(23)15-9-18-11-19-15/h3-6,9,11,13H,7-8,10H2,1-2H3,(H,18,19)/t13-/m1/s1. The maximum Gasteiger partial charge on any atom is 0.272 e. The van der Waals surface area contributed by atoms with E-state index in [4.69, 9.17) is 0 Å². The molecule has 0 bridgehead atoms. The summed E-state index contributed by atoms with van der Waals surface area (Å²) >= 11 is 0. The summed E-state index contributed by atoms with van der Waals surface area (Å²) in [6, 6.07) is 7.69. The van der Waals surface area contributed by atoms with Crippen LogP contribution < -0.4 is 0 Å². The van der Waals surface area contributed by atoms with Crippen molar-refractivity contribution >= 4 is 11.8 Å². The number of aromatic amines is 1. The number of hydrogen-bond acceptors (Lipinski definition) is 3. The Bertz CT molecular complexity index is 694. The molecule has 1 aromatic carbocycles. The van der Waals surface area contributed by atoms with Crippen molar-refractivity contribution in [2.45, 2.75) is 26.4 Å². The average molecular weight is 312 g/mol. The third kappa shape index (κ3) is 3.11. The van der Waals surface area contributed by atoms with E-state index in [0.29, 0.717) is 25.3 Å². The lowest BCUT2D eigenvalue weighted by molar-refractivity contribution is -0.140. The van der Waals surface area contributed by atoms with Crippen molar-refractivity contribution in [3.8, 4) is 0 Å². The number of amides is 2. The van der Waals surface area contributed by atoms with Gasteiger partial charge in [0, 0.05) is 19.6 Å². The lowest BCUT2D eigenvalue weighted by atomic mass is 10.1. The molecule has 1 atom stereocenters. The van der Waals surface area contributed by atoms with E-state index in [1.165, 1.54) is 18.1 Å². The van der Waals surface area contributed by atoms with E-state index in [1.54, 1.807) is 11.8 Å². The molecule has 1 aliphatic heterocycles. The Labute approximate surface area is 135 Å². The fraction of sp³-hybridized carbons (Fsp3) is 0.353. The number of nitrogens with one attached hydrogen (secondary N) is 1. The number of hydrogen-bond donors (Lipinski definition) is 1. The Balaban J connectivity index is 1.68. The van der Waals surface area contributed by atoms with Crippen molar-refractivity contribution in [2.75, 3.05) is 13.1 Å². The summed E-state index contributed by atoms with van der Waals surface area (Å²) in [5.74, 6) is -0.206. The second-order valence-corrected chi connectivity index (χ2v) is 5.89. The van der Waals surface area contributed by atoms with Gasteiger partial charge in [-0.05, 0) is 19.4 Å². The molecular weight excluding hydrogens is 292 g/mol. The minimum Gasteiger partial charge on any atom is -0.341 e. The number of H-pyrrole nitrogens is 1. The Kier molecular flexibility index (Phi) is 4.14. The molecule has 0 aliphatic carbocycles. The zero-order valence-electron chi connectivity index (χ0n) is 13.3. The summed E-state index contributed by atoms with van der Waals surface area (Å²) in [4.78, 5) is 35.1. The van der Waals surface area contributed by atoms with Crippen LogP contribution in [0.25, 0.3) is 0 Å². The van der Waals surface area contributed by atoms with Gasteiger partial charge in [-0.15, -0.1) is 0 Å². The monoisotopic (exact) mass is 312 g/mol. The van der Waals surface area contributed by atoms with Gasteiger partial charge in [-0.1, -0.05) is 29.8 Å². The maximum absolute atomic E-state index is 12.6. The molecular formula is C17H20N4O2. The van der Waals surface area contributed by atoms with Crippen LogP contribution in [0.1, 0.15) is 28.5 Å². The van der Waals surface area contributed by atoms with Crippen LogP contribution in [0, 0.1) is 6.92 Å². The first kappa shape index (κ1) is 15.3. The van der Waals surface area contributed by atoms with E-state index < -0.39 is 6.04 Å². The van der Waals surface area contributed by atoms with Crippen LogP contribution in [0.3, 0.4) is 0 Å². The van der Waals surface area contributed by atoms with Crippen molar-refractivity contribution in [1.82, 2.24) is 19.8 Å². The van der Waals surface area contributed by atoms with Gasteiger partial charge in [-0.3, -0.25) is 9.59 Å². The van der Waals surface area contributed by atoms with Crippen molar-refractivity contribution in [1.29, 1.82) is 0 Å². The highest BCUT2D eigenvalue weighted by Crippen LogP contribution is 2.17. The molecule has 2 aromatic rings. The van der Waals surface area contributed by atoms with Gasteiger partial charge in [-0.25, -0.2) is 4.98 Å². The smallest absolute Gasteiger partial charge is 0.272 e. The fourth-order valence-corrected chi connectivity index (χ4v) is 2.81. The average Bonchev–Trinajstić information content (AvgIpc) is 3.08. The van der Waals surface area contributed by atoms with E-state index in [2.05, 4.69) is 9.97 Å². The van der Waals surface area contributed by atoms with Gasteiger partial charge in [-0.2, -0.15) is 0 Å². The first-order chi connectivity index (χ1) is 11.1. The Hall–Kier alpha value is -2.63. The Morgan fingerprint density at radius 1 is 1.30 bits per heavy atom. The van der Waals surface area contributed by atoms with Crippen LogP contribution in [-0.4, -0.2) is 50.7 Å². The molecule has 3 rings (SSSR count). The van der Waals surface area contributed by atoms with E-state index in [0.717, 1.165) is 5.56 Å². The molecule has 1 fully saturated rings. The SMILES string of the molecule is Cc1ccc(CN2CCN(C(=O)c3cnc[nH]3)[C@H](C)C2=O)cc1. The second kappa shape index (κ2) is 6.24. The number of nitrogens with zero attached hydrogens (tertiary/aromatic N) is 3. The second-order valence-electron chi connectivity index (χ2n) is 5.89. The van der Waals surface area contributed by atoms with Crippen molar-refractivity contribution in [3.63, 3.8) is 0 Å². The van der Waals surface area contributed by atoms with Crippen molar-refractivity contribution in [3.05, 3.63) is 53.6 Å². The van der Waals surface area contributed by atoms with Gasteiger partial charge in [0.1, 0.15) is 11.7 Å². The van der Waals surface area contributed by atoms with Gasteiger partial charge in [0.05, 0.1) is 12.5 Å². The molecule has 23 heavy (non-hydrogen) atoms. The summed E-state index contributed by atoms with van der Waals surface area (Å²) in [6.07, 6.45) is 2.95. The van der Waals surface area contributed by atoms with Crippen molar-refractivity contribution in [2.24, 2.45) is 0 Å². The zero-order valence-corrected chi connectivity index (χ0v) is 13.3. The van der Waals surface area contributed by atoms with Gasteiger partial charge < -0.3 is 14.8 Å². The summed E-state index contributed by atoms with van der Waals surface area (Å²) < 4.78 is 0. The van der Waals surface area contributed by atoms with E-state index >= 15 is 0 Å². The lowest BCUT2D eigenvalue weighted by Gasteiger charge is -2.39. The van der Waals surface area contributed by atoms with Crippen LogP contribution in [0.15, 0.2) is 36.8 Å². The molecule has 0 radical (unpaired) electrons. The van der Waals surface area contributed by atoms with Gasteiger partial charge in [0.15, 0.2) is 0 Å². The molecule has 0 unspecified atom stereocenters. The number of rotatable bonds is 3. The van der Waals surface area contributed by atoms with E-state index in [9.17, 15) is 9.59 Å². The molecule has 1 saturated heterocycles. The van der Waals surface area contributed by atoms with Crippen LogP contribution in [-0.2, 0) is 11.3 Å². The Morgan fingerprint density at radius 3 is 2.70 bits per heavy atom. The minimum absolute atomic E-state index is 0.0234. The molecule has 1 aliphatic rings. The predicted octanol–water partition coefficient (Wildman–Crippen LogP) is 1.59. The van der Waals surface area contributed by atoms with Crippen LogP contribution in [0.5, 0.6) is 0 Å². The molecule has 1 aromatic heterocycles. The van der Waals surface area contributed by atoms with Crippen molar-refractivity contribution < 1.29 is 9.59 Å². The predicted molar refractivity (Wildman–Crippen MR) is 85.7 cm³/mol. The molecule has 0 spiro atoms. The number of imidazole rings is 1. The van der Waals surface area contributed by atoms with Gasteiger partial charge in [0.25, 0.3) is 5.91 Å². The lowest BCUT2D eigenvalue weighted by Crippen LogP contribution is -2.57. The number of aromatic nitrogens is 2. The topological polar surface area (TPSA) is 69.3 Å². The summed E-state index contributed by atoms with van der Waals surface area (Å²) in [5, 5.41) is 0. The molecule has 1 N–H and O–H groups in total. The van der Waals surface area contributed by atoms with Gasteiger partial charge in [0.2, 0.25) is 5.91 Å². The molecule has 6 nitrogen and oxygen atoms in total. The van der Waals surface area contributed by atoms with Crippen LogP contribution in [0.4, 0.5) is 0 Å². The summed E-state index contributed by atoms with van der Waals surface area (Å²) in [6.45, 7) is 5.46. The first-order valence-electron chi connectivity index (χ1n) is 7.70. The highest BCUT2D eigenvalue weighted by molar-refractivity contribution is 5.96. The van der Waals surface area contributed by atoms with Crippen LogP contribution in [0.2, 0.25) is 0 Å². The highest BCUT2D eigenvalue weighted by Gasteiger charge is 2.34. The third-order valence-electron chi connectivity index (χ3n) is 4.23. The fourth-order valence-electron chi connectivity index (χ4n) is 2.81. The Morgan fingerprint density at radius 2 is 2.04 bits per heavy atom.